The minimum Gasteiger partial charge on any atom is -0.381 e. The van der Waals surface area contributed by atoms with E-state index in [1.54, 1.807) is 0 Å². The van der Waals surface area contributed by atoms with Crippen molar-refractivity contribution in [3.63, 3.8) is 0 Å². The lowest BCUT2D eigenvalue weighted by Crippen LogP contribution is -2.47. The number of nitrogens with one attached hydrogen (secondary N) is 1. The number of benzene rings is 1. The molecule has 1 atom stereocenters. The molecule has 2 heterocycles. The number of likely N-dealkylation sites (tertiary alicyclic amines) is 1. The van der Waals surface area contributed by atoms with Crippen molar-refractivity contribution in [1.82, 2.24) is 10.2 Å². The van der Waals surface area contributed by atoms with Gasteiger partial charge in [-0.3, -0.25) is 9.59 Å². The average molecular weight is 411 g/mol. The van der Waals surface area contributed by atoms with Gasteiger partial charge in [-0.15, -0.1) is 0 Å². The molecule has 30 heavy (non-hydrogen) atoms. The molecule has 0 bridgehead atoms. The summed E-state index contributed by atoms with van der Waals surface area (Å²) in [5, 5.41) is 3.15. The Labute approximate surface area is 179 Å². The molecule has 0 aromatic heterocycles. The molecule has 2 aliphatic carbocycles. The number of carbonyl (C=O) groups excluding carboxylic acids is 2. The Morgan fingerprint density at radius 2 is 1.80 bits per heavy atom. The molecule has 0 unspecified atom stereocenters. The maximum atomic E-state index is 13.0. The quantitative estimate of drug-likeness (QED) is 0.810. The van der Waals surface area contributed by atoms with E-state index in [0.717, 1.165) is 51.7 Å². The summed E-state index contributed by atoms with van der Waals surface area (Å²) < 4.78 is 5.43. The van der Waals surface area contributed by atoms with Crippen molar-refractivity contribution in [2.24, 2.45) is 11.8 Å². The van der Waals surface area contributed by atoms with E-state index in [1.807, 2.05) is 0 Å². The summed E-state index contributed by atoms with van der Waals surface area (Å²) >= 11 is 0. The first-order valence-electron chi connectivity index (χ1n) is 11.9. The zero-order chi connectivity index (χ0) is 20.6. The Morgan fingerprint density at radius 3 is 2.53 bits per heavy atom. The van der Waals surface area contributed by atoms with Crippen molar-refractivity contribution >= 4 is 11.8 Å². The van der Waals surface area contributed by atoms with Gasteiger partial charge in [-0.1, -0.05) is 24.3 Å². The van der Waals surface area contributed by atoms with Gasteiger partial charge in [-0.25, -0.2) is 0 Å². The lowest BCUT2D eigenvalue weighted by molar-refractivity contribution is -0.140. The van der Waals surface area contributed by atoms with Crippen LogP contribution in [0.4, 0.5) is 0 Å². The molecule has 5 nitrogen and oxygen atoms in total. The highest BCUT2D eigenvalue weighted by atomic mass is 16.5. The number of piperidine rings is 1. The fourth-order valence-corrected chi connectivity index (χ4v) is 5.92. The van der Waals surface area contributed by atoms with Gasteiger partial charge in [-0.05, 0) is 73.3 Å². The van der Waals surface area contributed by atoms with Crippen LogP contribution in [0.1, 0.15) is 68.4 Å². The second kappa shape index (κ2) is 8.33. The summed E-state index contributed by atoms with van der Waals surface area (Å²) in [5.41, 5.74) is 2.93. The largest absolute Gasteiger partial charge is 0.381 e. The summed E-state index contributed by atoms with van der Waals surface area (Å²) in [6.07, 6.45) is 7.91. The van der Waals surface area contributed by atoms with Gasteiger partial charge in [-0.2, -0.15) is 0 Å². The molecule has 2 amide bonds. The normalized spacial score (nSPS) is 25.9. The highest BCUT2D eigenvalue weighted by Gasteiger charge is 2.46. The van der Waals surface area contributed by atoms with Crippen LogP contribution in [0.15, 0.2) is 24.3 Å². The molecule has 1 aromatic rings. The molecule has 2 saturated heterocycles. The van der Waals surface area contributed by atoms with Crippen LogP contribution in [0.3, 0.4) is 0 Å². The van der Waals surface area contributed by atoms with Gasteiger partial charge in [0.25, 0.3) is 0 Å². The average Bonchev–Trinajstić information content (AvgIpc) is 3.58. The van der Waals surface area contributed by atoms with Crippen LogP contribution in [0.25, 0.3) is 0 Å². The summed E-state index contributed by atoms with van der Waals surface area (Å²) in [4.78, 5) is 27.6. The van der Waals surface area contributed by atoms with E-state index < -0.39 is 0 Å². The van der Waals surface area contributed by atoms with Crippen molar-refractivity contribution in [1.29, 1.82) is 0 Å². The van der Waals surface area contributed by atoms with E-state index in [0.29, 0.717) is 37.4 Å². The topological polar surface area (TPSA) is 58.6 Å². The molecule has 1 aromatic carbocycles. The van der Waals surface area contributed by atoms with Crippen LogP contribution in [0.5, 0.6) is 0 Å². The van der Waals surface area contributed by atoms with E-state index >= 15 is 0 Å². The van der Waals surface area contributed by atoms with Crippen LogP contribution in [-0.4, -0.2) is 49.6 Å². The maximum absolute atomic E-state index is 13.0. The summed E-state index contributed by atoms with van der Waals surface area (Å²) in [6.45, 7) is 3.95. The number of hydrogen-bond donors (Lipinski definition) is 1. The summed E-state index contributed by atoms with van der Waals surface area (Å²) in [6, 6.07) is 8.74. The molecule has 3 fully saturated rings. The Hall–Kier alpha value is -1.88. The molecule has 1 spiro atoms. The molecule has 5 heteroatoms. The smallest absolute Gasteiger partial charge is 0.225 e. The molecule has 1 saturated carbocycles. The van der Waals surface area contributed by atoms with Crippen LogP contribution in [0, 0.1) is 11.8 Å². The van der Waals surface area contributed by atoms with Crippen molar-refractivity contribution in [3.8, 4) is 0 Å². The van der Waals surface area contributed by atoms with Crippen LogP contribution >= 0.6 is 0 Å². The predicted octanol–water partition coefficient (Wildman–Crippen LogP) is 3.38. The van der Waals surface area contributed by atoms with E-state index in [9.17, 15) is 9.59 Å². The van der Waals surface area contributed by atoms with E-state index in [1.165, 1.54) is 24.0 Å². The minimum atomic E-state index is 0.129. The van der Waals surface area contributed by atoms with Gasteiger partial charge in [0.1, 0.15) is 0 Å². The van der Waals surface area contributed by atoms with Crippen molar-refractivity contribution in [3.05, 3.63) is 35.4 Å². The highest BCUT2D eigenvalue weighted by molar-refractivity contribution is 5.79. The molecular weight excluding hydrogens is 376 g/mol. The van der Waals surface area contributed by atoms with Gasteiger partial charge in [0.15, 0.2) is 0 Å². The van der Waals surface area contributed by atoms with Crippen molar-refractivity contribution < 1.29 is 14.3 Å². The monoisotopic (exact) mass is 410 g/mol. The van der Waals surface area contributed by atoms with Crippen LogP contribution in [-0.2, 0) is 19.7 Å². The third-order valence-electron chi connectivity index (χ3n) is 7.93. The fourth-order valence-electron chi connectivity index (χ4n) is 5.92. The van der Waals surface area contributed by atoms with Gasteiger partial charge in [0.05, 0.1) is 0 Å². The second-order valence-corrected chi connectivity index (χ2v) is 9.93. The zero-order valence-electron chi connectivity index (χ0n) is 17.9. The predicted molar refractivity (Wildman–Crippen MR) is 115 cm³/mol. The number of nitrogens with zero attached hydrogens (tertiary/aromatic N) is 1. The Kier molecular flexibility index (Phi) is 5.57. The van der Waals surface area contributed by atoms with Gasteiger partial charge < -0.3 is 15.0 Å². The third kappa shape index (κ3) is 4.01. The number of fused-ring (bicyclic) bond motifs is 2. The number of ether oxygens (including phenoxy) is 1. The van der Waals surface area contributed by atoms with Crippen LogP contribution < -0.4 is 5.32 Å². The maximum Gasteiger partial charge on any atom is 0.225 e. The highest BCUT2D eigenvalue weighted by Crippen LogP contribution is 2.52. The molecule has 0 radical (unpaired) electrons. The van der Waals surface area contributed by atoms with Crippen molar-refractivity contribution in [2.45, 2.75) is 62.7 Å². The Morgan fingerprint density at radius 1 is 1.07 bits per heavy atom. The van der Waals surface area contributed by atoms with Gasteiger partial charge in [0.2, 0.25) is 11.8 Å². The lowest BCUT2D eigenvalue weighted by Gasteiger charge is -2.41. The molecule has 162 valence electrons. The first-order valence-corrected chi connectivity index (χ1v) is 11.9. The molecular formula is C25H34N2O3. The van der Waals surface area contributed by atoms with E-state index in [4.69, 9.17) is 4.74 Å². The number of rotatable bonds is 5. The van der Waals surface area contributed by atoms with Crippen molar-refractivity contribution in [2.75, 3.05) is 32.8 Å². The molecule has 4 aliphatic rings. The fraction of sp³-hybridized carbons (Fsp3) is 0.680. The molecule has 2 aliphatic heterocycles. The van der Waals surface area contributed by atoms with E-state index in [-0.39, 0.29) is 17.2 Å². The van der Waals surface area contributed by atoms with E-state index in [2.05, 4.69) is 34.5 Å². The molecule has 5 rings (SSSR count). The number of hydrogen-bond acceptors (Lipinski definition) is 3. The molecule has 1 N–H and O–H groups in total. The lowest BCUT2D eigenvalue weighted by atomic mass is 9.73. The summed E-state index contributed by atoms with van der Waals surface area (Å²) in [7, 11) is 0. The van der Waals surface area contributed by atoms with Gasteiger partial charge in [0, 0.05) is 45.2 Å². The SMILES string of the molecule is O=C(C[C@H]1CC2(CCN(C(=O)C3CCOCC3)CC2)c2ccccc21)NCC1CC1. The van der Waals surface area contributed by atoms with Gasteiger partial charge >= 0.3 is 0 Å². The first kappa shape index (κ1) is 20.0. The Bertz CT molecular complexity index is 789. The second-order valence-electron chi connectivity index (χ2n) is 9.93. The zero-order valence-corrected chi connectivity index (χ0v) is 17.9. The number of carbonyl (C=O) groups is 2. The van der Waals surface area contributed by atoms with Crippen LogP contribution in [0.2, 0.25) is 0 Å². The first-order chi connectivity index (χ1) is 14.6. The third-order valence-corrected chi connectivity index (χ3v) is 7.93. The summed E-state index contributed by atoms with van der Waals surface area (Å²) in [5.74, 6) is 1.69. The number of amides is 2. The minimum absolute atomic E-state index is 0.129. The Balaban J connectivity index is 1.24. The standard InChI is InChI=1S/C25H34N2O3/c28-23(26-17-18-5-6-18)15-20-16-25(22-4-2-1-3-21(20)22)9-11-27(12-10-25)24(29)19-7-13-30-14-8-19/h1-4,18-20H,5-17H2,(H,26,28)/t20-/m0/s1.